The number of rotatable bonds is 5. The molecule has 0 saturated carbocycles. The highest BCUT2D eigenvalue weighted by Gasteiger charge is 2.26. The normalized spacial score (nSPS) is 22.9. The maximum Gasteiger partial charge on any atom is 0.320 e. The Bertz CT molecular complexity index is 241. The van der Waals surface area contributed by atoms with E-state index in [1.807, 2.05) is 0 Å². The van der Waals surface area contributed by atoms with E-state index in [9.17, 15) is 4.79 Å². The molecule has 16 heavy (non-hydrogen) atoms. The minimum absolute atomic E-state index is 0.386. The molecule has 1 unspecified atom stereocenters. The van der Waals surface area contributed by atoms with Crippen molar-refractivity contribution in [2.75, 3.05) is 26.7 Å². The second-order valence-electron chi connectivity index (χ2n) is 5.51. The van der Waals surface area contributed by atoms with Crippen molar-refractivity contribution in [1.29, 1.82) is 0 Å². The maximum absolute atomic E-state index is 10.8. The van der Waals surface area contributed by atoms with Crippen LogP contribution in [0.15, 0.2) is 0 Å². The minimum atomic E-state index is -0.751. The van der Waals surface area contributed by atoms with Gasteiger partial charge in [0.15, 0.2) is 0 Å². The summed E-state index contributed by atoms with van der Waals surface area (Å²) in [5.41, 5.74) is 0.386. The van der Waals surface area contributed by atoms with Crippen LogP contribution in [0.5, 0.6) is 0 Å². The Morgan fingerprint density at radius 3 is 2.75 bits per heavy atom. The molecule has 0 amide bonds. The van der Waals surface area contributed by atoms with Crippen LogP contribution in [0.3, 0.4) is 0 Å². The molecule has 0 spiro atoms. The molecular weight excluding hydrogens is 204 g/mol. The van der Waals surface area contributed by atoms with Crippen molar-refractivity contribution >= 4 is 5.97 Å². The fourth-order valence-electron chi connectivity index (χ4n) is 2.44. The summed E-state index contributed by atoms with van der Waals surface area (Å²) in [6.07, 6.45) is 3.18. The lowest BCUT2D eigenvalue weighted by Crippen LogP contribution is -2.43. The third-order valence-electron chi connectivity index (χ3n) is 3.36. The van der Waals surface area contributed by atoms with Gasteiger partial charge in [-0.25, -0.2) is 0 Å². The first-order valence-electron chi connectivity index (χ1n) is 6.07. The summed E-state index contributed by atoms with van der Waals surface area (Å²) in [7, 11) is 1.71. The summed E-state index contributed by atoms with van der Waals surface area (Å²) >= 11 is 0. The van der Waals surface area contributed by atoms with Crippen LogP contribution in [0.25, 0.3) is 0 Å². The number of likely N-dealkylation sites (N-methyl/N-ethyl adjacent to an activating group) is 1. The number of piperidine rings is 1. The largest absolute Gasteiger partial charge is 0.480 e. The molecule has 1 atom stereocenters. The van der Waals surface area contributed by atoms with E-state index in [2.05, 4.69) is 24.1 Å². The minimum Gasteiger partial charge on any atom is -0.480 e. The molecule has 1 aliphatic heterocycles. The third kappa shape index (κ3) is 4.10. The van der Waals surface area contributed by atoms with Crippen molar-refractivity contribution < 1.29 is 9.90 Å². The van der Waals surface area contributed by atoms with Crippen molar-refractivity contribution in [1.82, 2.24) is 10.2 Å². The molecule has 0 bridgehead atoms. The summed E-state index contributed by atoms with van der Waals surface area (Å²) in [5.74, 6) is -0.751. The van der Waals surface area contributed by atoms with E-state index in [-0.39, 0.29) is 0 Å². The fourth-order valence-corrected chi connectivity index (χ4v) is 2.44. The molecule has 4 nitrogen and oxygen atoms in total. The number of carboxylic acids is 1. The Hall–Kier alpha value is -0.610. The van der Waals surface area contributed by atoms with Crippen molar-refractivity contribution in [3.63, 3.8) is 0 Å². The van der Waals surface area contributed by atoms with Gasteiger partial charge in [-0.15, -0.1) is 0 Å². The second-order valence-corrected chi connectivity index (χ2v) is 5.51. The summed E-state index contributed by atoms with van der Waals surface area (Å²) in [6.45, 7) is 7.64. The van der Waals surface area contributed by atoms with Crippen LogP contribution in [-0.4, -0.2) is 48.7 Å². The average molecular weight is 228 g/mol. The first kappa shape index (κ1) is 13.5. The predicted octanol–water partition coefficient (Wildman–Crippen LogP) is 1.17. The van der Waals surface area contributed by atoms with E-state index < -0.39 is 12.0 Å². The molecule has 4 heteroatoms. The van der Waals surface area contributed by atoms with Gasteiger partial charge >= 0.3 is 5.97 Å². The van der Waals surface area contributed by atoms with Crippen molar-refractivity contribution in [2.45, 2.75) is 39.2 Å². The Morgan fingerprint density at radius 1 is 1.56 bits per heavy atom. The molecule has 2 N–H and O–H groups in total. The molecule has 1 aliphatic rings. The monoisotopic (exact) mass is 228 g/mol. The van der Waals surface area contributed by atoms with E-state index in [1.54, 1.807) is 7.05 Å². The van der Waals surface area contributed by atoms with E-state index in [4.69, 9.17) is 5.11 Å². The molecule has 0 radical (unpaired) electrons. The lowest BCUT2D eigenvalue weighted by atomic mass is 9.84. The van der Waals surface area contributed by atoms with Crippen LogP contribution in [0.2, 0.25) is 0 Å². The topological polar surface area (TPSA) is 52.6 Å². The quantitative estimate of drug-likeness (QED) is 0.741. The van der Waals surface area contributed by atoms with Gasteiger partial charge in [-0.05, 0) is 38.3 Å². The van der Waals surface area contributed by atoms with E-state index in [0.717, 1.165) is 19.6 Å². The highest BCUT2D eigenvalue weighted by Crippen LogP contribution is 2.28. The first-order chi connectivity index (χ1) is 7.44. The van der Waals surface area contributed by atoms with Crippen LogP contribution < -0.4 is 5.32 Å². The predicted molar refractivity (Wildman–Crippen MR) is 64.6 cm³/mol. The fraction of sp³-hybridized carbons (Fsp3) is 0.917. The van der Waals surface area contributed by atoms with Crippen molar-refractivity contribution in [3.8, 4) is 0 Å². The van der Waals surface area contributed by atoms with Gasteiger partial charge in [0.25, 0.3) is 0 Å². The zero-order valence-electron chi connectivity index (χ0n) is 10.6. The molecular formula is C12H24N2O2. The third-order valence-corrected chi connectivity index (χ3v) is 3.36. The van der Waals surface area contributed by atoms with Crippen LogP contribution in [-0.2, 0) is 4.79 Å². The van der Waals surface area contributed by atoms with Gasteiger partial charge in [-0.3, -0.25) is 4.79 Å². The Kier molecular flexibility index (Phi) is 4.74. The number of likely N-dealkylation sites (tertiary alicyclic amines) is 1. The summed E-state index contributed by atoms with van der Waals surface area (Å²) in [5, 5.41) is 11.8. The van der Waals surface area contributed by atoms with Crippen LogP contribution in [0.1, 0.15) is 33.1 Å². The zero-order chi connectivity index (χ0) is 12.2. The van der Waals surface area contributed by atoms with Crippen molar-refractivity contribution in [3.05, 3.63) is 0 Å². The molecule has 0 aromatic heterocycles. The van der Waals surface area contributed by atoms with E-state index >= 15 is 0 Å². The number of carboxylic acid groups (broad SMARTS) is 1. The average Bonchev–Trinajstić information content (AvgIpc) is 2.16. The zero-order valence-corrected chi connectivity index (χ0v) is 10.6. The summed E-state index contributed by atoms with van der Waals surface area (Å²) in [6, 6.07) is -0.412. The highest BCUT2D eigenvalue weighted by molar-refractivity contribution is 5.73. The molecule has 1 fully saturated rings. The molecule has 0 aromatic carbocycles. The number of nitrogens with one attached hydrogen (secondary N) is 1. The first-order valence-corrected chi connectivity index (χ1v) is 6.07. The lowest BCUT2D eigenvalue weighted by Gasteiger charge is -2.38. The highest BCUT2D eigenvalue weighted by atomic mass is 16.4. The van der Waals surface area contributed by atoms with E-state index in [1.165, 1.54) is 12.8 Å². The Morgan fingerprint density at radius 2 is 2.25 bits per heavy atom. The summed E-state index contributed by atoms with van der Waals surface area (Å²) in [4.78, 5) is 13.2. The Labute approximate surface area is 98.0 Å². The molecule has 1 saturated heterocycles. The van der Waals surface area contributed by atoms with Gasteiger partial charge < -0.3 is 15.3 Å². The molecule has 1 heterocycles. The van der Waals surface area contributed by atoms with E-state index in [0.29, 0.717) is 11.8 Å². The number of aliphatic carboxylic acids is 1. The van der Waals surface area contributed by atoms with Gasteiger partial charge in [-0.2, -0.15) is 0 Å². The second kappa shape index (κ2) is 5.64. The summed E-state index contributed by atoms with van der Waals surface area (Å²) < 4.78 is 0. The number of carbonyl (C=O) groups is 1. The van der Waals surface area contributed by atoms with Crippen LogP contribution in [0, 0.1) is 5.41 Å². The molecule has 0 aromatic rings. The maximum atomic E-state index is 10.8. The Balaban J connectivity index is 2.34. The van der Waals surface area contributed by atoms with Crippen molar-refractivity contribution in [2.24, 2.45) is 5.41 Å². The number of hydrogen-bond donors (Lipinski definition) is 2. The molecule has 94 valence electrons. The molecule has 1 rings (SSSR count). The SMILES string of the molecule is CNC(CCN1CCCC(C)(C)C1)C(=O)O. The van der Waals surface area contributed by atoms with Gasteiger partial charge in [-0.1, -0.05) is 13.8 Å². The smallest absolute Gasteiger partial charge is 0.320 e. The van der Waals surface area contributed by atoms with Crippen LogP contribution in [0.4, 0.5) is 0 Å². The molecule has 0 aliphatic carbocycles. The van der Waals surface area contributed by atoms with Gasteiger partial charge in [0.1, 0.15) is 6.04 Å². The van der Waals surface area contributed by atoms with Crippen LogP contribution >= 0.6 is 0 Å². The van der Waals surface area contributed by atoms with Gasteiger partial charge in [0.05, 0.1) is 0 Å². The lowest BCUT2D eigenvalue weighted by molar-refractivity contribution is -0.139. The van der Waals surface area contributed by atoms with Gasteiger partial charge in [0.2, 0.25) is 0 Å². The standard InChI is InChI=1S/C12H24N2O2/c1-12(2)6-4-7-14(9-12)8-5-10(13-3)11(15)16/h10,13H,4-9H2,1-3H3,(H,15,16). The number of nitrogens with zero attached hydrogens (tertiary/aromatic N) is 1. The number of hydrogen-bond acceptors (Lipinski definition) is 3. The van der Waals surface area contributed by atoms with Gasteiger partial charge in [0, 0.05) is 13.1 Å².